The second-order valence-corrected chi connectivity index (χ2v) is 6.86. The maximum absolute atomic E-state index is 6.14. The molecule has 0 fully saturated rings. The predicted molar refractivity (Wildman–Crippen MR) is 115 cm³/mol. The summed E-state index contributed by atoms with van der Waals surface area (Å²) in [5.74, 6) is 0.899. The van der Waals surface area contributed by atoms with Crippen LogP contribution >= 0.6 is 0 Å². The second kappa shape index (κ2) is 7.16. The molecule has 0 bridgehead atoms. The number of para-hydroxylation sites is 1. The molecule has 134 valence electrons. The topological polar surface area (TPSA) is 12.2 Å². The lowest BCUT2D eigenvalue weighted by Crippen LogP contribution is -2.24. The van der Waals surface area contributed by atoms with Gasteiger partial charge in [0.15, 0.2) is 0 Å². The van der Waals surface area contributed by atoms with Crippen LogP contribution in [0.1, 0.15) is 11.1 Å². The summed E-state index contributed by atoms with van der Waals surface area (Å²) in [7, 11) is 0. The molecule has 0 saturated carbocycles. The van der Waals surface area contributed by atoms with Crippen LogP contribution in [-0.2, 0) is 4.74 Å². The summed E-state index contributed by atoms with van der Waals surface area (Å²) in [6.07, 6.45) is 2.15. The van der Waals surface area contributed by atoms with Gasteiger partial charge in [-0.1, -0.05) is 78.9 Å². The molecule has 0 unspecified atom stereocenters. The molecule has 0 atom stereocenters. The molecule has 28 heavy (non-hydrogen) atoms. The van der Waals surface area contributed by atoms with Crippen molar-refractivity contribution < 1.29 is 9.31 Å². The van der Waals surface area contributed by atoms with Crippen molar-refractivity contribution in [2.45, 2.75) is 0 Å². The Morgan fingerprint density at radius 3 is 2.07 bits per heavy atom. The largest absolute Gasteiger partial charge is 0.435 e. The van der Waals surface area contributed by atoms with E-state index in [1.165, 1.54) is 16.3 Å². The highest BCUT2D eigenvalue weighted by atomic mass is 16.5. The maximum Gasteiger partial charge on any atom is 0.293 e. The van der Waals surface area contributed by atoms with Gasteiger partial charge in [-0.05, 0) is 22.9 Å². The van der Waals surface area contributed by atoms with E-state index in [1.54, 1.807) is 0 Å². The van der Waals surface area contributed by atoms with Gasteiger partial charge in [-0.25, -0.2) is 0 Å². The van der Waals surface area contributed by atoms with E-state index < -0.39 is 0 Å². The Labute approximate surface area is 164 Å². The van der Waals surface area contributed by atoms with Crippen LogP contribution in [0, 0.1) is 0 Å². The first-order valence-corrected chi connectivity index (χ1v) is 9.47. The summed E-state index contributed by atoms with van der Waals surface area (Å²) in [5.41, 5.74) is 4.53. The Bertz CT molecular complexity index is 1190. The van der Waals surface area contributed by atoms with Crippen LogP contribution < -0.4 is 0 Å². The van der Waals surface area contributed by atoms with E-state index in [9.17, 15) is 0 Å². The number of allylic oxidation sites excluding steroid dienone is 1. The fourth-order valence-electron chi connectivity index (χ4n) is 3.63. The highest BCUT2D eigenvalue weighted by Crippen LogP contribution is 2.26. The lowest BCUT2D eigenvalue weighted by molar-refractivity contribution is -0.483. The van der Waals surface area contributed by atoms with Crippen molar-refractivity contribution in [2.75, 3.05) is 6.73 Å². The van der Waals surface area contributed by atoms with Gasteiger partial charge in [0.05, 0.1) is 6.08 Å². The van der Waals surface area contributed by atoms with Crippen molar-refractivity contribution in [1.82, 2.24) is 0 Å². The van der Waals surface area contributed by atoms with E-state index in [2.05, 4.69) is 89.5 Å². The van der Waals surface area contributed by atoms with E-state index in [0.29, 0.717) is 6.73 Å². The van der Waals surface area contributed by atoms with Crippen LogP contribution in [0.2, 0.25) is 0 Å². The zero-order valence-electron chi connectivity index (χ0n) is 15.5. The van der Waals surface area contributed by atoms with Crippen LogP contribution in [0.3, 0.4) is 0 Å². The maximum atomic E-state index is 6.14. The summed E-state index contributed by atoms with van der Waals surface area (Å²) in [6, 6.07) is 35.8. The smallest absolute Gasteiger partial charge is 0.293 e. The molecule has 1 aliphatic rings. The molecule has 2 nitrogen and oxygen atoms in total. The Balaban J connectivity index is 1.71. The fourth-order valence-corrected chi connectivity index (χ4v) is 3.63. The number of hydrogen-bond acceptors (Lipinski definition) is 1. The number of rotatable bonds is 3. The first-order chi connectivity index (χ1) is 13.9. The van der Waals surface area contributed by atoms with Crippen molar-refractivity contribution in [1.29, 1.82) is 0 Å². The molecule has 0 aromatic heterocycles. The van der Waals surface area contributed by atoms with Crippen molar-refractivity contribution in [3.05, 3.63) is 120 Å². The standard InChI is InChI=1S/C26H20NO/c1-3-10-21(11-4-1)26-18-25(27(19-28-26)24-13-5-2-6-14-24)23-16-15-20-9-7-8-12-22(20)17-23/h1-18H,19H2/q+1. The number of ether oxygens (including phenoxy) is 1. The van der Waals surface area contributed by atoms with Crippen LogP contribution in [0.5, 0.6) is 0 Å². The van der Waals surface area contributed by atoms with E-state index in [-0.39, 0.29) is 0 Å². The van der Waals surface area contributed by atoms with Gasteiger partial charge >= 0.3 is 0 Å². The third-order valence-corrected chi connectivity index (χ3v) is 5.08. The molecule has 4 aromatic carbocycles. The summed E-state index contributed by atoms with van der Waals surface area (Å²) < 4.78 is 8.36. The van der Waals surface area contributed by atoms with Gasteiger partial charge in [-0.2, -0.15) is 4.58 Å². The fraction of sp³-hybridized carbons (Fsp3) is 0.0385. The Morgan fingerprint density at radius 2 is 1.29 bits per heavy atom. The first kappa shape index (κ1) is 16.5. The van der Waals surface area contributed by atoms with Gasteiger partial charge in [0.1, 0.15) is 5.76 Å². The average Bonchev–Trinajstić information content (AvgIpc) is 2.79. The number of benzene rings is 4. The quantitative estimate of drug-likeness (QED) is 0.407. The van der Waals surface area contributed by atoms with Crippen molar-refractivity contribution in [3.63, 3.8) is 0 Å². The Morgan fingerprint density at radius 1 is 0.607 bits per heavy atom. The van der Waals surface area contributed by atoms with E-state index in [4.69, 9.17) is 4.74 Å². The van der Waals surface area contributed by atoms with Crippen molar-refractivity contribution >= 4 is 27.9 Å². The summed E-state index contributed by atoms with van der Waals surface area (Å²) in [5, 5.41) is 2.49. The molecular formula is C26H20NO+. The Kier molecular flexibility index (Phi) is 4.23. The van der Waals surface area contributed by atoms with E-state index >= 15 is 0 Å². The SMILES string of the molecule is C1=C(c2ccccc2)OC[N+](c2ccccc2)=C1c1ccc2ccccc2c1. The Hall–Kier alpha value is -3.65. The van der Waals surface area contributed by atoms with Gasteiger partial charge in [0, 0.05) is 23.3 Å². The minimum Gasteiger partial charge on any atom is -0.435 e. The van der Waals surface area contributed by atoms with Crippen LogP contribution in [0.15, 0.2) is 109 Å². The second-order valence-electron chi connectivity index (χ2n) is 6.86. The van der Waals surface area contributed by atoms with Gasteiger partial charge in [0.25, 0.3) is 6.73 Å². The highest BCUT2D eigenvalue weighted by Gasteiger charge is 2.25. The minimum absolute atomic E-state index is 0.479. The molecular weight excluding hydrogens is 342 g/mol. The third kappa shape index (κ3) is 3.10. The molecule has 2 heteroatoms. The lowest BCUT2D eigenvalue weighted by atomic mass is 10.0. The average molecular weight is 362 g/mol. The molecule has 0 aliphatic carbocycles. The summed E-state index contributed by atoms with van der Waals surface area (Å²) >= 11 is 0. The predicted octanol–water partition coefficient (Wildman–Crippen LogP) is 6.00. The lowest BCUT2D eigenvalue weighted by Gasteiger charge is -2.17. The molecule has 0 spiro atoms. The minimum atomic E-state index is 0.479. The molecule has 0 radical (unpaired) electrons. The molecule has 5 rings (SSSR count). The van der Waals surface area contributed by atoms with E-state index in [1.807, 2.05) is 24.3 Å². The molecule has 1 aliphatic heterocycles. The molecule has 4 aromatic rings. The van der Waals surface area contributed by atoms with Gasteiger partial charge < -0.3 is 4.74 Å². The molecule has 0 N–H and O–H groups in total. The summed E-state index contributed by atoms with van der Waals surface area (Å²) in [4.78, 5) is 0. The molecule has 1 heterocycles. The molecule has 0 saturated heterocycles. The first-order valence-electron chi connectivity index (χ1n) is 9.47. The normalized spacial score (nSPS) is 13.9. The third-order valence-electron chi connectivity index (χ3n) is 5.08. The zero-order valence-corrected chi connectivity index (χ0v) is 15.5. The monoisotopic (exact) mass is 362 g/mol. The van der Waals surface area contributed by atoms with Crippen LogP contribution in [-0.4, -0.2) is 17.0 Å². The number of fused-ring (bicyclic) bond motifs is 1. The number of hydrogen-bond donors (Lipinski definition) is 0. The van der Waals surface area contributed by atoms with Crippen LogP contribution in [0.25, 0.3) is 16.5 Å². The number of nitrogens with zero attached hydrogens (tertiary/aromatic N) is 1. The van der Waals surface area contributed by atoms with Crippen molar-refractivity contribution in [2.24, 2.45) is 0 Å². The van der Waals surface area contributed by atoms with Gasteiger partial charge in [0.2, 0.25) is 11.4 Å². The molecule has 0 amide bonds. The summed E-state index contributed by atoms with van der Waals surface area (Å²) in [6.45, 7) is 0.479. The van der Waals surface area contributed by atoms with Crippen molar-refractivity contribution in [3.8, 4) is 0 Å². The van der Waals surface area contributed by atoms with Gasteiger partial charge in [-0.15, -0.1) is 0 Å². The van der Waals surface area contributed by atoms with Crippen LogP contribution in [0.4, 0.5) is 5.69 Å². The van der Waals surface area contributed by atoms with Gasteiger partial charge in [-0.3, -0.25) is 0 Å². The zero-order chi connectivity index (χ0) is 18.8. The van der Waals surface area contributed by atoms with E-state index in [0.717, 1.165) is 22.7 Å². The highest BCUT2D eigenvalue weighted by molar-refractivity contribution is 6.11.